The van der Waals surface area contributed by atoms with Crippen LogP contribution in [0.15, 0.2) is 79.3 Å². The van der Waals surface area contributed by atoms with E-state index in [1.54, 1.807) is 25.6 Å². The Kier molecular flexibility index (Phi) is 7.48. The number of Topliss-reactive ketones (excluding diaryl/α,β-unsaturated/α-hetero) is 1. The molecule has 5 rings (SSSR count). The molecular weight excluding hydrogens is 470 g/mol. The third kappa shape index (κ3) is 5.76. The smallest absolute Gasteiger partial charge is 0.250 e. The third-order valence-corrected chi connectivity index (χ3v) is 5.59. The molecule has 37 heavy (non-hydrogen) atoms. The van der Waals surface area contributed by atoms with Gasteiger partial charge < -0.3 is 26.6 Å². The van der Waals surface area contributed by atoms with Crippen molar-refractivity contribution >= 4 is 33.7 Å². The van der Waals surface area contributed by atoms with E-state index in [1.165, 1.54) is 17.8 Å². The van der Waals surface area contributed by atoms with Crippen LogP contribution in [0.25, 0.3) is 16.7 Å². The molecular formula is C27H27N7O3. The molecule has 0 saturated heterocycles. The lowest BCUT2D eigenvalue weighted by atomic mass is 10.0. The average Bonchev–Trinajstić information content (AvgIpc) is 3.33. The second-order valence-electron chi connectivity index (χ2n) is 8.08. The van der Waals surface area contributed by atoms with Gasteiger partial charge in [0.25, 0.3) is 5.95 Å². The number of phenols is 1. The van der Waals surface area contributed by atoms with Gasteiger partial charge in [0.1, 0.15) is 11.5 Å². The van der Waals surface area contributed by atoms with Crippen LogP contribution in [0.5, 0.6) is 11.5 Å². The number of rotatable bonds is 6. The van der Waals surface area contributed by atoms with Gasteiger partial charge in [-0.15, -0.1) is 5.10 Å². The van der Waals surface area contributed by atoms with Crippen LogP contribution in [0.2, 0.25) is 0 Å². The first kappa shape index (κ1) is 25.0. The Bertz CT molecular complexity index is 1520. The molecule has 0 aliphatic rings. The number of carbonyl (C=O) groups is 1. The van der Waals surface area contributed by atoms with Gasteiger partial charge in [0.2, 0.25) is 0 Å². The van der Waals surface area contributed by atoms with Gasteiger partial charge in [-0.2, -0.15) is 0 Å². The Labute approximate surface area is 213 Å². The third-order valence-electron chi connectivity index (χ3n) is 5.59. The Morgan fingerprint density at radius 3 is 2.41 bits per heavy atom. The van der Waals surface area contributed by atoms with Crippen molar-refractivity contribution in [3.05, 3.63) is 90.4 Å². The number of nitrogens with two attached hydrogens (primary N) is 2. The first-order valence-electron chi connectivity index (χ1n) is 11.4. The molecule has 0 aliphatic heterocycles. The van der Waals surface area contributed by atoms with Crippen LogP contribution in [0.3, 0.4) is 0 Å². The minimum atomic E-state index is -0.130. The van der Waals surface area contributed by atoms with Gasteiger partial charge in [0, 0.05) is 41.8 Å². The number of aromatic nitrogens is 4. The number of hydrogen-bond acceptors (Lipinski definition) is 9. The zero-order valence-corrected chi connectivity index (χ0v) is 20.4. The van der Waals surface area contributed by atoms with Crippen molar-refractivity contribution < 1.29 is 14.6 Å². The van der Waals surface area contributed by atoms with Gasteiger partial charge in [-0.05, 0) is 48.7 Å². The van der Waals surface area contributed by atoms with Gasteiger partial charge in [-0.25, -0.2) is 14.6 Å². The Hall–Kier alpha value is -5.12. The number of ether oxygens (including phenoxy) is 1. The van der Waals surface area contributed by atoms with Crippen molar-refractivity contribution in [2.24, 2.45) is 0 Å². The van der Waals surface area contributed by atoms with Gasteiger partial charge >= 0.3 is 0 Å². The molecule has 188 valence electrons. The molecule has 0 saturated carbocycles. The normalized spacial score (nSPS) is 10.4. The maximum Gasteiger partial charge on any atom is 0.250 e. The van der Waals surface area contributed by atoms with Crippen LogP contribution >= 0.6 is 0 Å². The van der Waals surface area contributed by atoms with Crippen LogP contribution in [0, 0.1) is 0 Å². The minimum absolute atomic E-state index is 0.130. The molecule has 0 bridgehead atoms. The van der Waals surface area contributed by atoms with Crippen LogP contribution in [0.4, 0.5) is 17.2 Å². The Balaban J connectivity index is 0.000000186. The molecule has 0 atom stereocenters. The molecule has 0 fully saturated rings. The Morgan fingerprint density at radius 2 is 1.76 bits per heavy atom. The van der Waals surface area contributed by atoms with E-state index in [0.717, 1.165) is 27.8 Å². The summed E-state index contributed by atoms with van der Waals surface area (Å²) in [5.41, 5.74) is 14.1. The highest BCUT2D eigenvalue weighted by molar-refractivity contribution is 5.98. The number of nitrogens with zero attached hydrogens (tertiary/aromatic N) is 4. The number of hydrogen-bond donors (Lipinski definition) is 4. The number of carbonyl (C=O) groups excluding carboxylic acids is 1. The van der Waals surface area contributed by atoms with E-state index in [4.69, 9.17) is 16.2 Å². The lowest BCUT2D eigenvalue weighted by Crippen LogP contribution is -2.01. The molecule has 6 N–H and O–H groups in total. The number of anilines is 3. The summed E-state index contributed by atoms with van der Waals surface area (Å²) in [4.78, 5) is 19.1. The molecule has 0 unspecified atom stereocenters. The van der Waals surface area contributed by atoms with Gasteiger partial charge in [0.15, 0.2) is 11.6 Å². The highest BCUT2D eigenvalue weighted by Gasteiger charge is 2.12. The zero-order chi connectivity index (χ0) is 26.4. The molecule has 0 aliphatic carbocycles. The second kappa shape index (κ2) is 11.1. The number of phenolic OH excluding ortho intramolecular Hbond substituents is 1. The highest BCUT2D eigenvalue weighted by atomic mass is 16.5. The minimum Gasteiger partial charge on any atom is -0.505 e. The summed E-state index contributed by atoms with van der Waals surface area (Å²) in [6, 6.07) is 19.0. The van der Waals surface area contributed by atoms with E-state index in [1.807, 2.05) is 54.6 Å². The molecule has 3 aromatic carbocycles. The summed E-state index contributed by atoms with van der Waals surface area (Å²) in [7, 11) is 1.64. The fraction of sp³-hybridized carbons (Fsp3) is 0.111. The zero-order valence-electron chi connectivity index (χ0n) is 20.4. The van der Waals surface area contributed by atoms with Crippen LogP contribution in [-0.2, 0) is 6.54 Å². The quantitative estimate of drug-likeness (QED) is 0.153. The van der Waals surface area contributed by atoms with E-state index in [0.29, 0.717) is 23.7 Å². The lowest BCUT2D eigenvalue weighted by Gasteiger charge is -2.12. The van der Waals surface area contributed by atoms with Crippen LogP contribution < -0.4 is 21.5 Å². The summed E-state index contributed by atoms with van der Waals surface area (Å²) in [5, 5.41) is 19.4. The molecule has 10 heteroatoms. The van der Waals surface area contributed by atoms with Gasteiger partial charge in [0.05, 0.1) is 18.4 Å². The van der Waals surface area contributed by atoms with Crippen molar-refractivity contribution in [2.45, 2.75) is 13.5 Å². The number of aromatic hydroxyl groups is 1. The van der Waals surface area contributed by atoms with Gasteiger partial charge in [-0.3, -0.25) is 4.79 Å². The summed E-state index contributed by atoms with van der Waals surface area (Å²) in [5.74, 6) is 1.39. The van der Waals surface area contributed by atoms with Crippen molar-refractivity contribution in [3.63, 3.8) is 0 Å². The average molecular weight is 498 g/mol. The molecule has 2 aromatic heterocycles. The highest BCUT2D eigenvalue weighted by Crippen LogP contribution is 2.34. The van der Waals surface area contributed by atoms with E-state index in [2.05, 4.69) is 20.4 Å². The van der Waals surface area contributed by atoms with E-state index >= 15 is 0 Å². The first-order chi connectivity index (χ1) is 17.9. The molecule has 5 aromatic rings. The monoisotopic (exact) mass is 497 g/mol. The predicted octanol–water partition coefficient (Wildman–Crippen LogP) is 4.20. The van der Waals surface area contributed by atoms with E-state index in [-0.39, 0.29) is 17.4 Å². The van der Waals surface area contributed by atoms with Crippen LogP contribution in [-0.4, -0.2) is 37.7 Å². The number of fused-ring (bicyclic) bond motifs is 1. The van der Waals surface area contributed by atoms with Crippen molar-refractivity contribution in [1.82, 2.24) is 19.7 Å². The summed E-state index contributed by atoms with van der Waals surface area (Å²) in [6.07, 6.45) is 4.70. The van der Waals surface area contributed by atoms with E-state index < -0.39 is 0 Å². The molecule has 0 radical (unpaired) electrons. The Morgan fingerprint density at radius 1 is 1.05 bits per heavy atom. The maximum atomic E-state index is 11.1. The van der Waals surface area contributed by atoms with Crippen molar-refractivity contribution in [3.8, 4) is 17.4 Å². The van der Waals surface area contributed by atoms with Gasteiger partial charge in [-0.1, -0.05) is 24.3 Å². The van der Waals surface area contributed by atoms with Crippen molar-refractivity contribution in [2.75, 3.05) is 23.9 Å². The van der Waals surface area contributed by atoms with Crippen molar-refractivity contribution in [1.29, 1.82) is 0 Å². The standard InChI is InChI=1S/C18H18N2O2.C9H9N5O/c1-22-15-8-6-14(7-9-15)20-11-13-10-12-4-2-3-5-16(12)17(19)18(13)21;1-6(15)7-5-14(13-8(7)10)9-11-3-2-4-12-9/h2-10,20-21H,11,19H2,1H3;2-5H,1H3,(H2,10,13). The number of nitrogen functional groups attached to an aromatic ring is 2. The lowest BCUT2D eigenvalue weighted by molar-refractivity contribution is 0.101. The molecule has 10 nitrogen and oxygen atoms in total. The summed E-state index contributed by atoms with van der Waals surface area (Å²) < 4.78 is 6.51. The predicted molar refractivity (Wildman–Crippen MR) is 144 cm³/mol. The van der Waals surface area contributed by atoms with E-state index in [9.17, 15) is 9.90 Å². The summed E-state index contributed by atoms with van der Waals surface area (Å²) >= 11 is 0. The molecule has 0 amide bonds. The number of ketones is 1. The number of nitrogens with one attached hydrogen (secondary N) is 1. The molecule has 2 heterocycles. The molecule has 0 spiro atoms. The van der Waals surface area contributed by atoms with Crippen LogP contribution in [0.1, 0.15) is 22.8 Å². The fourth-order valence-electron chi connectivity index (χ4n) is 3.64. The SMILES string of the molecule is CC(=O)c1cn(-c2ncccn2)nc1N.COc1ccc(NCc2cc3ccccc3c(N)c2O)cc1. The maximum absolute atomic E-state index is 11.1. The number of methoxy groups -OCH3 is 1. The first-order valence-corrected chi connectivity index (χ1v) is 11.4. The fourth-order valence-corrected chi connectivity index (χ4v) is 3.64. The topological polar surface area (TPSA) is 154 Å². The summed E-state index contributed by atoms with van der Waals surface area (Å²) in [6.45, 7) is 1.93. The largest absolute Gasteiger partial charge is 0.505 e. The second-order valence-corrected chi connectivity index (χ2v) is 8.08. The number of benzene rings is 3.